The van der Waals surface area contributed by atoms with E-state index in [0.29, 0.717) is 30.3 Å². The van der Waals surface area contributed by atoms with E-state index in [2.05, 4.69) is 28.8 Å². The average molecular weight is 484 g/mol. The zero-order valence-corrected chi connectivity index (χ0v) is 21.4. The number of rotatable bonds is 11. The summed E-state index contributed by atoms with van der Waals surface area (Å²) in [4.78, 5) is 35.3. The largest absolute Gasteiger partial charge is 0.378 e. The normalized spacial score (nSPS) is 12.2. The number of benzene rings is 2. The number of hydrogen-bond donors (Lipinski definition) is 1. The van der Waals surface area contributed by atoms with Crippen LogP contribution >= 0.6 is 0 Å². The van der Waals surface area contributed by atoms with Gasteiger partial charge in [0.1, 0.15) is 0 Å². The summed E-state index contributed by atoms with van der Waals surface area (Å²) in [6, 6.07) is 15.4. The summed E-state index contributed by atoms with van der Waals surface area (Å²) in [6.07, 6.45) is 7.69. The number of ketones is 1. The summed E-state index contributed by atoms with van der Waals surface area (Å²) < 4.78 is 2.01. The lowest BCUT2D eigenvalue weighted by Gasteiger charge is -2.18. The molecule has 1 amide bonds. The van der Waals surface area contributed by atoms with Crippen molar-refractivity contribution in [3.63, 3.8) is 0 Å². The van der Waals surface area contributed by atoms with Crippen LogP contribution in [0.5, 0.6) is 0 Å². The zero-order chi connectivity index (χ0) is 26.1. The van der Waals surface area contributed by atoms with E-state index in [1.807, 2.05) is 71.2 Å². The molecule has 3 rings (SSSR count). The number of imidazole rings is 1. The number of carbonyl (C=O) groups excluding carboxylic acids is 2. The van der Waals surface area contributed by atoms with Crippen LogP contribution in [0.2, 0.25) is 0 Å². The van der Waals surface area contributed by atoms with Crippen LogP contribution in [-0.2, 0) is 17.8 Å². The van der Waals surface area contributed by atoms with Crippen molar-refractivity contribution < 1.29 is 9.59 Å². The first kappa shape index (κ1) is 26.3. The average Bonchev–Trinajstić information content (AvgIpc) is 3.23. The number of aryl methyl sites for hydroxylation is 1. The number of aliphatic imine (C=N–C) groups is 1. The third-order valence-electron chi connectivity index (χ3n) is 5.75. The van der Waals surface area contributed by atoms with Crippen LogP contribution in [0.3, 0.4) is 0 Å². The number of anilines is 1. The van der Waals surface area contributed by atoms with Crippen molar-refractivity contribution >= 4 is 34.4 Å². The molecule has 7 heteroatoms. The molecule has 7 nitrogen and oxygen atoms in total. The number of hydrogen-bond acceptors (Lipinski definition) is 5. The molecule has 0 aliphatic carbocycles. The van der Waals surface area contributed by atoms with Gasteiger partial charge in [0.25, 0.3) is 5.91 Å². The van der Waals surface area contributed by atoms with E-state index in [0.717, 1.165) is 28.6 Å². The Kier molecular flexibility index (Phi) is 9.11. The minimum Gasteiger partial charge on any atom is -0.378 e. The number of para-hydroxylation sites is 2. The van der Waals surface area contributed by atoms with Gasteiger partial charge < -0.3 is 9.47 Å². The molecule has 0 aliphatic heterocycles. The van der Waals surface area contributed by atoms with Crippen LogP contribution in [0.4, 0.5) is 5.95 Å². The minimum atomic E-state index is -0.190. The highest BCUT2D eigenvalue weighted by atomic mass is 16.1. The molecule has 0 atom stereocenters. The molecule has 3 aromatic rings. The van der Waals surface area contributed by atoms with Crippen molar-refractivity contribution in [3.05, 3.63) is 96.2 Å². The number of nitrogens with zero attached hydrogens (tertiary/aromatic N) is 4. The predicted molar refractivity (Wildman–Crippen MR) is 148 cm³/mol. The molecule has 0 aliphatic rings. The van der Waals surface area contributed by atoms with E-state index in [1.54, 1.807) is 19.2 Å². The summed E-state index contributed by atoms with van der Waals surface area (Å²) >= 11 is 0. The van der Waals surface area contributed by atoms with Crippen molar-refractivity contribution in [2.24, 2.45) is 4.99 Å². The molecule has 0 bridgehead atoms. The summed E-state index contributed by atoms with van der Waals surface area (Å²) in [6.45, 7) is 8.68. The third-order valence-corrected chi connectivity index (χ3v) is 5.75. The Bertz CT molecular complexity index is 1350. The molecule has 0 saturated carbocycles. The van der Waals surface area contributed by atoms with Gasteiger partial charge in [-0.05, 0) is 55.3 Å². The van der Waals surface area contributed by atoms with Gasteiger partial charge in [0.2, 0.25) is 5.95 Å². The fourth-order valence-electron chi connectivity index (χ4n) is 3.78. The second-order valence-corrected chi connectivity index (χ2v) is 8.41. The molecule has 186 valence electrons. The SMILES string of the molecule is C=CC(=C\N(C)CCn1c(NC(=O)c2cccc(CC)c2)nc2ccccc21)/C(/C=C\C(C)=O)=N/C. The first-order chi connectivity index (χ1) is 17.4. The molecule has 0 unspecified atom stereocenters. The lowest BCUT2D eigenvalue weighted by Crippen LogP contribution is -2.22. The Morgan fingerprint density at radius 1 is 1.17 bits per heavy atom. The molecular weight excluding hydrogens is 450 g/mol. The number of aromatic nitrogens is 2. The van der Waals surface area contributed by atoms with Gasteiger partial charge in [0.15, 0.2) is 5.78 Å². The summed E-state index contributed by atoms with van der Waals surface area (Å²) in [5, 5.41) is 3.00. The minimum absolute atomic E-state index is 0.0455. The van der Waals surface area contributed by atoms with Crippen LogP contribution in [0.25, 0.3) is 11.0 Å². The number of likely N-dealkylation sites (N-methyl/N-ethyl adjacent to an activating group) is 1. The van der Waals surface area contributed by atoms with Crippen LogP contribution < -0.4 is 5.32 Å². The number of fused-ring (bicyclic) bond motifs is 1. The standard InChI is InChI=1S/C29H33N5O2/c1-6-22-11-10-12-24(19-22)28(36)32-29-31-26-13-8-9-14-27(26)34(29)18-17-33(5)20-23(7-2)25(30-4)16-15-21(3)35/h7-16,19-20H,2,6,17-18H2,1,3-5H3,(H,31,32,36)/b16-15-,23-20+,30-25+. The van der Waals surface area contributed by atoms with E-state index in [4.69, 9.17) is 0 Å². The van der Waals surface area contributed by atoms with E-state index < -0.39 is 0 Å². The Morgan fingerprint density at radius 2 is 1.94 bits per heavy atom. The lowest BCUT2D eigenvalue weighted by atomic mass is 10.1. The Hall–Kier alpha value is -4.26. The number of nitrogens with one attached hydrogen (secondary N) is 1. The Morgan fingerprint density at radius 3 is 2.64 bits per heavy atom. The van der Waals surface area contributed by atoms with Crippen LogP contribution in [0, 0.1) is 0 Å². The van der Waals surface area contributed by atoms with Crippen molar-refractivity contribution in [1.29, 1.82) is 0 Å². The molecule has 1 heterocycles. The number of allylic oxidation sites excluding steroid dienone is 4. The van der Waals surface area contributed by atoms with Gasteiger partial charge in [-0.3, -0.25) is 19.9 Å². The van der Waals surface area contributed by atoms with E-state index in [-0.39, 0.29) is 11.7 Å². The molecule has 0 radical (unpaired) electrons. The Labute approximate surface area is 212 Å². The van der Waals surface area contributed by atoms with Crippen molar-refractivity contribution in [2.45, 2.75) is 26.8 Å². The molecule has 1 aromatic heterocycles. The first-order valence-corrected chi connectivity index (χ1v) is 11.9. The van der Waals surface area contributed by atoms with Crippen molar-refractivity contribution in [1.82, 2.24) is 14.5 Å². The second kappa shape index (κ2) is 12.4. The molecule has 0 saturated heterocycles. The smallest absolute Gasteiger partial charge is 0.257 e. The summed E-state index contributed by atoms with van der Waals surface area (Å²) in [7, 11) is 3.64. The van der Waals surface area contributed by atoms with Crippen LogP contribution in [0.1, 0.15) is 29.8 Å². The van der Waals surface area contributed by atoms with Gasteiger partial charge >= 0.3 is 0 Å². The highest BCUT2D eigenvalue weighted by molar-refractivity contribution is 6.12. The molecular formula is C29H33N5O2. The first-order valence-electron chi connectivity index (χ1n) is 11.9. The third kappa shape index (κ3) is 6.66. The van der Waals surface area contributed by atoms with E-state index in [1.165, 1.54) is 13.0 Å². The zero-order valence-electron chi connectivity index (χ0n) is 21.4. The van der Waals surface area contributed by atoms with E-state index in [9.17, 15) is 9.59 Å². The predicted octanol–water partition coefficient (Wildman–Crippen LogP) is 5.07. The molecule has 0 spiro atoms. The number of amides is 1. The molecule has 36 heavy (non-hydrogen) atoms. The summed E-state index contributed by atoms with van der Waals surface area (Å²) in [5.41, 5.74) is 4.94. The number of carbonyl (C=O) groups is 2. The highest BCUT2D eigenvalue weighted by Crippen LogP contribution is 2.20. The van der Waals surface area contributed by atoms with Gasteiger partial charge in [-0.15, -0.1) is 0 Å². The van der Waals surface area contributed by atoms with E-state index >= 15 is 0 Å². The quantitative estimate of drug-likeness (QED) is 0.235. The van der Waals surface area contributed by atoms with Crippen molar-refractivity contribution in [3.8, 4) is 0 Å². The molecule has 0 fully saturated rings. The molecule has 1 N–H and O–H groups in total. The highest BCUT2D eigenvalue weighted by Gasteiger charge is 2.15. The maximum absolute atomic E-state index is 13.0. The molecule has 2 aromatic carbocycles. The summed E-state index contributed by atoms with van der Waals surface area (Å²) in [5.74, 6) is 0.269. The van der Waals surface area contributed by atoms with Gasteiger partial charge in [-0.2, -0.15) is 0 Å². The van der Waals surface area contributed by atoms with Crippen molar-refractivity contribution in [2.75, 3.05) is 26.0 Å². The maximum Gasteiger partial charge on any atom is 0.257 e. The van der Waals surface area contributed by atoms with Gasteiger partial charge in [-0.1, -0.05) is 43.8 Å². The van der Waals surface area contributed by atoms with Crippen LogP contribution in [0.15, 0.2) is 90.1 Å². The fraction of sp³-hybridized carbons (Fsp3) is 0.241. The van der Waals surface area contributed by atoms with Gasteiger partial charge in [0, 0.05) is 44.5 Å². The Balaban J connectivity index is 1.83. The maximum atomic E-state index is 13.0. The second-order valence-electron chi connectivity index (χ2n) is 8.41. The van der Waals surface area contributed by atoms with Gasteiger partial charge in [0.05, 0.1) is 16.7 Å². The fourth-order valence-corrected chi connectivity index (χ4v) is 3.78. The topological polar surface area (TPSA) is 79.6 Å². The van der Waals surface area contributed by atoms with Gasteiger partial charge in [-0.25, -0.2) is 4.98 Å². The lowest BCUT2D eigenvalue weighted by molar-refractivity contribution is -0.112. The monoisotopic (exact) mass is 483 g/mol. The van der Waals surface area contributed by atoms with Crippen LogP contribution in [-0.4, -0.2) is 52.5 Å².